The molecule has 0 amide bonds. The van der Waals surface area contributed by atoms with Crippen LogP contribution < -0.4 is 4.72 Å². The molecule has 128 valence electrons. The number of hydrogen-bond acceptors (Lipinski definition) is 5. The first-order valence-corrected chi connectivity index (χ1v) is 10.3. The number of rotatable bonds is 4. The Labute approximate surface area is 151 Å². The summed E-state index contributed by atoms with van der Waals surface area (Å²) in [6.45, 7) is 3.60. The minimum atomic E-state index is -3.60. The molecule has 5 nitrogen and oxygen atoms in total. The van der Waals surface area contributed by atoms with Crippen LogP contribution in [0.4, 0.5) is 5.69 Å². The Hall–Kier alpha value is -2.25. The summed E-state index contributed by atoms with van der Waals surface area (Å²) in [5, 5.41) is 3.08. The third-order valence-corrected chi connectivity index (χ3v) is 6.41. The minimum Gasteiger partial charge on any atom is -0.318 e. The highest BCUT2D eigenvalue weighted by atomic mass is 32.2. The van der Waals surface area contributed by atoms with Crippen LogP contribution in [0.25, 0.3) is 5.70 Å². The van der Waals surface area contributed by atoms with Gasteiger partial charge in [-0.1, -0.05) is 41.6 Å². The molecule has 0 unspecified atom stereocenters. The molecule has 0 aromatic heterocycles. The molecule has 0 aliphatic carbocycles. The van der Waals surface area contributed by atoms with E-state index < -0.39 is 10.0 Å². The van der Waals surface area contributed by atoms with Gasteiger partial charge in [-0.15, -0.1) is 0 Å². The molecule has 2 heterocycles. The van der Waals surface area contributed by atoms with Gasteiger partial charge in [0.05, 0.1) is 17.1 Å². The molecule has 2 aromatic rings. The summed E-state index contributed by atoms with van der Waals surface area (Å²) in [4.78, 5) is 6.87. The fourth-order valence-electron chi connectivity index (χ4n) is 2.82. The Morgan fingerprint density at radius 1 is 1.16 bits per heavy atom. The second kappa shape index (κ2) is 6.24. The van der Waals surface area contributed by atoms with Crippen LogP contribution in [0.5, 0.6) is 0 Å². The van der Waals surface area contributed by atoms with E-state index >= 15 is 0 Å². The molecule has 0 saturated heterocycles. The molecule has 2 aliphatic rings. The predicted octanol–water partition coefficient (Wildman–Crippen LogP) is 3.51. The van der Waals surface area contributed by atoms with Gasteiger partial charge in [0.25, 0.3) is 10.0 Å². The number of thioether (sulfide) groups is 1. The van der Waals surface area contributed by atoms with Crippen molar-refractivity contribution in [1.29, 1.82) is 0 Å². The lowest BCUT2D eigenvalue weighted by Gasteiger charge is -2.17. The maximum atomic E-state index is 12.6. The van der Waals surface area contributed by atoms with Crippen LogP contribution in [0.3, 0.4) is 0 Å². The molecule has 0 fully saturated rings. The second-order valence-electron chi connectivity index (χ2n) is 5.94. The van der Waals surface area contributed by atoms with Crippen molar-refractivity contribution >= 4 is 38.3 Å². The molecule has 25 heavy (non-hydrogen) atoms. The van der Waals surface area contributed by atoms with Gasteiger partial charge in [-0.25, -0.2) is 8.42 Å². The van der Waals surface area contributed by atoms with Crippen molar-refractivity contribution in [2.75, 3.05) is 17.8 Å². The van der Waals surface area contributed by atoms with E-state index in [4.69, 9.17) is 0 Å². The molecule has 7 heteroatoms. The largest absolute Gasteiger partial charge is 0.318 e. The first-order valence-electron chi connectivity index (χ1n) is 7.92. The average Bonchev–Trinajstić information content (AvgIpc) is 3.18. The van der Waals surface area contributed by atoms with Crippen molar-refractivity contribution in [2.24, 2.45) is 4.99 Å². The molecule has 2 aliphatic heterocycles. The maximum absolute atomic E-state index is 12.6. The van der Waals surface area contributed by atoms with Crippen molar-refractivity contribution < 1.29 is 8.42 Å². The van der Waals surface area contributed by atoms with Gasteiger partial charge in [0, 0.05) is 23.2 Å². The third kappa shape index (κ3) is 3.17. The zero-order chi connectivity index (χ0) is 17.4. The summed E-state index contributed by atoms with van der Waals surface area (Å²) >= 11 is 1.61. The zero-order valence-corrected chi connectivity index (χ0v) is 15.3. The summed E-state index contributed by atoms with van der Waals surface area (Å²) in [7, 11) is -3.60. The van der Waals surface area contributed by atoms with Gasteiger partial charge >= 0.3 is 0 Å². The molecule has 2 aromatic carbocycles. The van der Waals surface area contributed by atoms with Crippen molar-refractivity contribution in [3.05, 3.63) is 65.1 Å². The third-order valence-electron chi connectivity index (χ3n) is 4.11. The van der Waals surface area contributed by atoms with E-state index in [0.717, 1.165) is 35.1 Å². The number of anilines is 1. The molecule has 0 bridgehead atoms. The number of hydrogen-bond donors (Lipinski definition) is 1. The molecule has 4 rings (SSSR count). The van der Waals surface area contributed by atoms with Crippen LogP contribution in [0.15, 0.2) is 63.8 Å². The fourth-order valence-corrected chi connectivity index (χ4v) is 4.83. The molecule has 0 saturated carbocycles. The van der Waals surface area contributed by atoms with E-state index in [1.165, 1.54) is 0 Å². The quantitative estimate of drug-likeness (QED) is 0.893. The average molecular weight is 371 g/mol. The Morgan fingerprint density at radius 2 is 1.96 bits per heavy atom. The first-order chi connectivity index (χ1) is 12.0. The summed E-state index contributed by atoms with van der Waals surface area (Å²) in [6, 6.07) is 14.3. The summed E-state index contributed by atoms with van der Waals surface area (Å²) < 4.78 is 27.8. The molecule has 0 radical (unpaired) electrons. The molecule has 1 N–H and O–H groups in total. The van der Waals surface area contributed by atoms with Gasteiger partial charge in [0.1, 0.15) is 0 Å². The van der Waals surface area contributed by atoms with Crippen molar-refractivity contribution in [1.82, 2.24) is 4.90 Å². The van der Waals surface area contributed by atoms with E-state index in [-0.39, 0.29) is 4.90 Å². The summed E-state index contributed by atoms with van der Waals surface area (Å²) in [5.74, 6) is 0. The normalized spacial score (nSPS) is 16.4. The lowest BCUT2D eigenvalue weighted by Crippen LogP contribution is -2.20. The van der Waals surface area contributed by atoms with Crippen molar-refractivity contribution in [2.45, 2.75) is 11.8 Å². The van der Waals surface area contributed by atoms with Crippen LogP contribution >= 0.6 is 11.8 Å². The molecule has 0 atom stereocenters. The first kappa shape index (κ1) is 16.2. The van der Waals surface area contributed by atoms with Crippen LogP contribution in [0.2, 0.25) is 0 Å². The molecule has 0 spiro atoms. The zero-order valence-electron chi connectivity index (χ0n) is 13.6. The van der Waals surface area contributed by atoms with Gasteiger partial charge in [-0.3, -0.25) is 9.71 Å². The standard InChI is InChI=1S/C18H17N3O2S2/c1-13-5-7-16(8-6-13)25(22,23)20-15-4-2-3-14(11-15)17-12-24-18-19-9-10-21(17)18/h2-8,11-12,20H,9-10H2,1H3. The second-order valence-corrected chi connectivity index (χ2v) is 8.46. The Bertz CT molecular complexity index is 980. The predicted molar refractivity (Wildman–Crippen MR) is 103 cm³/mol. The van der Waals surface area contributed by atoms with Crippen LogP contribution in [-0.4, -0.2) is 31.6 Å². The van der Waals surface area contributed by atoms with Crippen LogP contribution in [0, 0.1) is 6.92 Å². The van der Waals surface area contributed by atoms with Crippen molar-refractivity contribution in [3.8, 4) is 0 Å². The lowest BCUT2D eigenvalue weighted by molar-refractivity contribution is 0.601. The van der Waals surface area contributed by atoms with E-state index in [9.17, 15) is 8.42 Å². The van der Waals surface area contributed by atoms with Crippen LogP contribution in [0.1, 0.15) is 11.1 Å². The smallest absolute Gasteiger partial charge is 0.261 e. The maximum Gasteiger partial charge on any atom is 0.261 e. The number of aryl methyl sites for hydroxylation is 1. The minimum absolute atomic E-state index is 0.258. The number of benzene rings is 2. The van der Waals surface area contributed by atoms with Crippen molar-refractivity contribution in [3.63, 3.8) is 0 Å². The number of nitrogens with one attached hydrogen (secondary N) is 1. The number of amidine groups is 1. The van der Waals surface area contributed by atoms with Crippen LogP contribution in [-0.2, 0) is 10.0 Å². The number of aliphatic imine (C=N–C) groups is 1. The summed E-state index contributed by atoms with van der Waals surface area (Å²) in [6.07, 6.45) is 0. The molecular weight excluding hydrogens is 354 g/mol. The topological polar surface area (TPSA) is 61.8 Å². The Morgan fingerprint density at radius 3 is 2.76 bits per heavy atom. The van der Waals surface area contributed by atoms with Gasteiger partial charge in [0.15, 0.2) is 5.17 Å². The number of fused-ring (bicyclic) bond motifs is 1. The Balaban J connectivity index is 1.60. The highest BCUT2D eigenvalue weighted by molar-refractivity contribution is 8.16. The van der Waals surface area contributed by atoms with Gasteiger partial charge in [-0.05, 0) is 31.2 Å². The van der Waals surface area contributed by atoms with Gasteiger partial charge in [0.2, 0.25) is 0 Å². The van der Waals surface area contributed by atoms with E-state index in [0.29, 0.717) is 5.69 Å². The number of sulfonamides is 1. The molecular formula is C18H17N3O2S2. The Kier molecular flexibility index (Phi) is 4.05. The SMILES string of the molecule is Cc1ccc(S(=O)(=O)Nc2cccc(C3=CSC4=NCCN34)c2)cc1. The van der Waals surface area contributed by atoms with E-state index in [1.807, 2.05) is 25.1 Å². The van der Waals surface area contributed by atoms with E-state index in [2.05, 4.69) is 20.0 Å². The monoisotopic (exact) mass is 371 g/mol. The lowest BCUT2D eigenvalue weighted by atomic mass is 10.1. The highest BCUT2D eigenvalue weighted by Crippen LogP contribution is 2.36. The fraction of sp³-hybridized carbons (Fsp3) is 0.167. The van der Waals surface area contributed by atoms with Gasteiger partial charge in [-0.2, -0.15) is 0 Å². The highest BCUT2D eigenvalue weighted by Gasteiger charge is 2.27. The van der Waals surface area contributed by atoms with Gasteiger partial charge < -0.3 is 4.90 Å². The summed E-state index contributed by atoms with van der Waals surface area (Å²) in [5.41, 5.74) is 3.62. The number of nitrogens with zero attached hydrogens (tertiary/aromatic N) is 2. The van der Waals surface area contributed by atoms with E-state index in [1.54, 1.807) is 42.1 Å².